The minimum absolute atomic E-state index is 0.396. The Labute approximate surface area is 160 Å². The predicted molar refractivity (Wildman–Crippen MR) is 109 cm³/mol. The number of hydrogen-bond acceptors (Lipinski definition) is 4. The van der Waals surface area contributed by atoms with Gasteiger partial charge in [-0.25, -0.2) is 4.99 Å². The molecule has 0 aliphatic rings. The molecule has 1 unspecified atom stereocenters. The Morgan fingerprint density at radius 3 is 2.65 bits per heavy atom. The van der Waals surface area contributed by atoms with Gasteiger partial charge >= 0.3 is 0 Å². The molecule has 2 aromatic heterocycles. The Morgan fingerprint density at radius 2 is 2.08 bits per heavy atom. The minimum Gasteiger partial charge on any atom is -0.383 e. The van der Waals surface area contributed by atoms with Gasteiger partial charge in [0.05, 0.1) is 18.8 Å². The van der Waals surface area contributed by atoms with E-state index in [0.717, 1.165) is 30.0 Å². The summed E-state index contributed by atoms with van der Waals surface area (Å²) < 4.78 is 1.96. The first-order chi connectivity index (χ1) is 12.4. The number of nitrogens with zero attached hydrogens (tertiary/aromatic N) is 3. The van der Waals surface area contributed by atoms with E-state index in [2.05, 4.69) is 29.6 Å². The smallest absolute Gasteiger partial charge is 0.191 e. The van der Waals surface area contributed by atoms with Crippen molar-refractivity contribution in [2.24, 2.45) is 12.0 Å². The van der Waals surface area contributed by atoms with Crippen molar-refractivity contribution in [1.29, 1.82) is 0 Å². The number of rotatable bonds is 8. The van der Waals surface area contributed by atoms with E-state index in [-0.39, 0.29) is 0 Å². The van der Waals surface area contributed by atoms with Gasteiger partial charge in [-0.3, -0.25) is 4.68 Å². The lowest BCUT2D eigenvalue weighted by atomic mass is 10.1. The van der Waals surface area contributed by atoms with Crippen LogP contribution in [-0.4, -0.2) is 33.9 Å². The fourth-order valence-corrected chi connectivity index (χ4v) is 3.79. The van der Waals surface area contributed by atoms with Gasteiger partial charge in [0, 0.05) is 29.7 Å². The van der Waals surface area contributed by atoms with E-state index in [4.69, 9.17) is 4.99 Å². The van der Waals surface area contributed by atoms with Gasteiger partial charge in [-0.15, -0.1) is 11.3 Å². The van der Waals surface area contributed by atoms with Gasteiger partial charge in [-0.05, 0) is 38.1 Å². The topological polar surface area (TPSA) is 74.5 Å². The number of aliphatic hydroxyl groups is 1. The van der Waals surface area contributed by atoms with Crippen LogP contribution in [0.2, 0.25) is 0 Å². The molecule has 6 nitrogen and oxygen atoms in total. The van der Waals surface area contributed by atoms with Gasteiger partial charge in [-0.1, -0.05) is 19.9 Å². The fourth-order valence-electron chi connectivity index (χ4n) is 3.00. The highest BCUT2D eigenvalue weighted by molar-refractivity contribution is 7.10. The van der Waals surface area contributed by atoms with E-state index in [9.17, 15) is 5.11 Å². The highest BCUT2D eigenvalue weighted by atomic mass is 32.1. The normalized spacial score (nSPS) is 14.3. The SMILES string of the molecule is CCNC(=NCc1c(CC)nn(C)c1CC)NCC(C)(O)c1cccs1. The zero-order valence-electron chi connectivity index (χ0n) is 16.5. The standard InChI is InChI=1S/C19H31N5OS/c1-6-15-14(16(7-2)24(5)23-15)12-21-18(20-8-3)22-13-19(4,25)17-10-9-11-26-17/h9-11,25H,6-8,12-13H2,1-5H3,(H2,20,21,22). The van der Waals surface area contributed by atoms with Crippen LogP contribution in [0.15, 0.2) is 22.5 Å². The van der Waals surface area contributed by atoms with Crippen molar-refractivity contribution < 1.29 is 5.11 Å². The Morgan fingerprint density at radius 1 is 1.31 bits per heavy atom. The number of thiophene rings is 1. The summed E-state index contributed by atoms with van der Waals surface area (Å²) in [5.74, 6) is 0.706. The summed E-state index contributed by atoms with van der Waals surface area (Å²) in [6, 6.07) is 3.90. The zero-order valence-corrected chi connectivity index (χ0v) is 17.3. The molecule has 3 N–H and O–H groups in total. The molecule has 0 amide bonds. The lowest BCUT2D eigenvalue weighted by molar-refractivity contribution is 0.0655. The lowest BCUT2D eigenvalue weighted by Crippen LogP contribution is -2.44. The molecule has 26 heavy (non-hydrogen) atoms. The molecular formula is C19H31N5OS. The van der Waals surface area contributed by atoms with Crippen molar-refractivity contribution >= 4 is 17.3 Å². The van der Waals surface area contributed by atoms with Crippen molar-refractivity contribution in [3.63, 3.8) is 0 Å². The highest BCUT2D eigenvalue weighted by Gasteiger charge is 2.24. The number of aryl methyl sites for hydroxylation is 2. The lowest BCUT2D eigenvalue weighted by Gasteiger charge is -2.23. The second kappa shape index (κ2) is 9.19. The maximum absolute atomic E-state index is 10.7. The monoisotopic (exact) mass is 377 g/mol. The van der Waals surface area contributed by atoms with Gasteiger partial charge in [-0.2, -0.15) is 5.10 Å². The van der Waals surface area contributed by atoms with Crippen molar-refractivity contribution in [2.45, 2.75) is 52.7 Å². The van der Waals surface area contributed by atoms with Crippen LogP contribution in [0.25, 0.3) is 0 Å². The van der Waals surface area contributed by atoms with E-state index in [1.54, 1.807) is 11.3 Å². The Hall–Kier alpha value is -1.86. The molecule has 2 aromatic rings. The summed E-state index contributed by atoms with van der Waals surface area (Å²) in [5.41, 5.74) is 2.61. The Bertz CT molecular complexity index is 719. The highest BCUT2D eigenvalue weighted by Crippen LogP contribution is 2.24. The van der Waals surface area contributed by atoms with Crippen LogP contribution in [-0.2, 0) is 32.0 Å². The fraction of sp³-hybridized carbons (Fsp3) is 0.579. The van der Waals surface area contributed by atoms with Crippen molar-refractivity contribution in [3.05, 3.63) is 39.3 Å². The molecule has 0 aliphatic heterocycles. The number of aromatic nitrogens is 2. The van der Waals surface area contributed by atoms with Gasteiger partial charge < -0.3 is 15.7 Å². The molecule has 0 spiro atoms. The van der Waals surface area contributed by atoms with Gasteiger partial charge in [0.25, 0.3) is 0 Å². The predicted octanol–water partition coefficient (Wildman–Crippen LogP) is 2.57. The van der Waals surface area contributed by atoms with Crippen LogP contribution >= 0.6 is 11.3 Å². The number of aliphatic imine (C=N–C) groups is 1. The van der Waals surface area contributed by atoms with Crippen LogP contribution in [0.5, 0.6) is 0 Å². The van der Waals surface area contributed by atoms with Gasteiger partial charge in [0.1, 0.15) is 5.60 Å². The van der Waals surface area contributed by atoms with Crippen molar-refractivity contribution in [2.75, 3.05) is 13.1 Å². The molecule has 7 heteroatoms. The molecular weight excluding hydrogens is 346 g/mol. The third-order valence-corrected chi connectivity index (χ3v) is 5.54. The second-order valence-electron chi connectivity index (χ2n) is 6.50. The van der Waals surface area contributed by atoms with E-state index >= 15 is 0 Å². The largest absolute Gasteiger partial charge is 0.383 e. The van der Waals surface area contributed by atoms with Crippen molar-refractivity contribution in [3.8, 4) is 0 Å². The molecule has 1 atom stereocenters. The van der Waals surface area contributed by atoms with E-state index < -0.39 is 5.60 Å². The van der Waals surface area contributed by atoms with Gasteiger partial charge in [0.2, 0.25) is 0 Å². The summed E-state index contributed by atoms with van der Waals surface area (Å²) in [4.78, 5) is 5.67. The second-order valence-corrected chi connectivity index (χ2v) is 7.45. The quantitative estimate of drug-likeness (QED) is 0.488. The van der Waals surface area contributed by atoms with Crippen LogP contribution < -0.4 is 10.6 Å². The first-order valence-corrected chi connectivity index (χ1v) is 10.1. The molecule has 0 aliphatic carbocycles. The first kappa shape index (κ1) is 20.5. The molecule has 0 fully saturated rings. The van der Waals surface area contributed by atoms with E-state index in [0.29, 0.717) is 19.0 Å². The molecule has 144 valence electrons. The Balaban J connectivity index is 2.12. The Kier molecular flexibility index (Phi) is 7.23. The van der Waals surface area contributed by atoms with E-state index in [1.807, 2.05) is 43.1 Å². The zero-order chi connectivity index (χ0) is 19.2. The average Bonchev–Trinajstić information content (AvgIpc) is 3.25. The third kappa shape index (κ3) is 4.86. The number of nitrogens with one attached hydrogen (secondary N) is 2. The number of hydrogen-bond donors (Lipinski definition) is 3. The summed E-state index contributed by atoms with van der Waals surface area (Å²) in [6.07, 6.45) is 1.83. The first-order valence-electron chi connectivity index (χ1n) is 9.25. The molecule has 0 bridgehead atoms. The van der Waals surface area contributed by atoms with Crippen LogP contribution in [0, 0.1) is 0 Å². The molecule has 0 saturated heterocycles. The van der Waals surface area contributed by atoms with E-state index in [1.165, 1.54) is 11.3 Å². The molecule has 2 rings (SSSR count). The molecule has 0 saturated carbocycles. The summed E-state index contributed by atoms with van der Waals surface area (Å²) in [7, 11) is 1.99. The third-order valence-electron chi connectivity index (χ3n) is 4.42. The maximum atomic E-state index is 10.7. The minimum atomic E-state index is -0.929. The number of guanidine groups is 1. The molecule has 0 radical (unpaired) electrons. The van der Waals surface area contributed by atoms with Crippen LogP contribution in [0.4, 0.5) is 0 Å². The summed E-state index contributed by atoms with van der Waals surface area (Å²) in [6.45, 7) is 9.86. The summed E-state index contributed by atoms with van der Waals surface area (Å²) in [5, 5.41) is 23.8. The maximum Gasteiger partial charge on any atom is 0.191 e. The molecule has 0 aromatic carbocycles. The van der Waals surface area contributed by atoms with Crippen LogP contribution in [0.1, 0.15) is 49.5 Å². The van der Waals surface area contributed by atoms with Crippen molar-refractivity contribution in [1.82, 2.24) is 20.4 Å². The molecule has 2 heterocycles. The van der Waals surface area contributed by atoms with Gasteiger partial charge in [0.15, 0.2) is 5.96 Å². The van der Waals surface area contributed by atoms with Crippen LogP contribution in [0.3, 0.4) is 0 Å². The summed E-state index contributed by atoms with van der Waals surface area (Å²) >= 11 is 1.56. The average molecular weight is 378 g/mol.